The van der Waals surface area contributed by atoms with Crippen LogP contribution in [-0.4, -0.2) is 22.9 Å². The van der Waals surface area contributed by atoms with Crippen LogP contribution in [0.4, 0.5) is 0 Å². The lowest BCUT2D eigenvalue weighted by Crippen LogP contribution is -2.22. The number of aliphatic hydroxyl groups is 1. The molecule has 1 aliphatic heterocycles. The van der Waals surface area contributed by atoms with Crippen LogP contribution in [0.1, 0.15) is 27.7 Å². The van der Waals surface area contributed by atoms with Gasteiger partial charge in [-0.15, -0.1) is 0 Å². The number of hydrogen-bond donors (Lipinski definition) is 1. The number of hydrogen-bond acceptors (Lipinski definition) is 2. The molecule has 2 heteroatoms. The first-order valence-corrected chi connectivity index (χ1v) is 3.81. The molecule has 0 unspecified atom stereocenters. The van der Waals surface area contributed by atoms with Crippen molar-refractivity contribution in [3.05, 3.63) is 0 Å². The first-order chi connectivity index (χ1) is 4.45. The summed E-state index contributed by atoms with van der Waals surface area (Å²) in [7, 11) is 0. The van der Waals surface area contributed by atoms with Gasteiger partial charge in [-0.05, 0) is 20.8 Å². The molecule has 0 bridgehead atoms. The lowest BCUT2D eigenvalue weighted by atomic mass is 9.95. The molecule has 3 atom stereocenters. The lowest BCUT2D eigenvalue weighted by Gasteiger charge is -2.11. The molecule has 0 aromatic rings. The Balaban J connectivity index is 2.40. The van der Waals surface area contributed by atoms with E-state index in [1.807, 2.05) is 13.8 Å². The average Bonchev–Trinajstić information content (AvgIpc) is 2.38. The number of epoxide rings is 1. The van der Waals surface area contributed by atoms with Crippen LogP contribution in [-0.2, 0) is 4.74 Å². The summed E-state index contributed by atoms with van der Waals surface area (Å²) in [5, 5.41) is 9.18. The van der Waals surface area contributed by atoms with E-state index < -0.39 is 0 Å². The van der Waals surface area contributed by atoms with Gasteiger partial charge in [0.05, 0.1) is 17.8 Å². The quantitative estimate of drug-likeness (QED) is 0.590. The maximum atomic E-state index is 9.18. The van der Waals surface area contributed by atoms with Gasteiger partial charge in [0.2, 0.25) is 0 Å². The Bertz CT molecular complexity index is 129. The molecule has 1 rings (SSSR count). The predicted octanol–water partition coefficient (Wildman–Crippen LogP) is 1.18. The fourth-order valence-electron chi connectivity index (χ4n) is 1.29. The molecule has 1 saturated heterocycles. The molecule has 0 saturated carbocycles. The highest BCUT2D eigenvalue weighted by molar-refractivity contribution is 4.98. The Morgan fingerprint density at radius 1 is 1.40 bits per heavy atom. The Labute approximate surface area is 62.2 Å². The van der Waals surface area contributed by atoms with Crippen molar-refractivity contribution >= 4 is 0 Å². The van der Waals surface area contributed by atoms with Gasteiger partial charge in [0.1, 0.15) is 0 Å². The second-order valence-corrected chi connectivity index (χ2v) is 3.74. The normalized spacial score (nSPS) is 35.1. The van der Waals surface area contributed by atoms with Gasteiger partial charge < -0.3 is 9.84 Å². The van der Waals surface area contributed by atoms with E-state index in [0.717, 1.165) is 0 Å². The van der Waals surface area contributed by atoms with Crippen LogP contribution in [0.3, 0.4) is 0 Å². The van der Waals surface area contributed by atoms with E-state index >= 15 is 0 Å². The molecule has 60 valence electrons. The summed E-state index contributed by atoms with van der Waals surface area (Å²) >= 11 is 0. The zero-order valence-corrected chi connectivity index (χ0v) is 7.09. The maximum absolute atomic E-state index is 9.18. The third-order valence-electron chi connectivity index (χ3n) is 2.30. The topological polar surface area (TPSA) is 32.8 Å². The lowest BCUT2D eigenvalue weighted by molar-refractivity contribution is 0.115. The van der Waals surface area contributed by atoms with Crippen molar-refractivity contribution in [1.29, 1.82) is 0 Å². The van der Waals surface area contributed by atoms with E-state index in [2.05, 4.69) is 13.8 Å². The monoisotopic (exact) mass is 144 g/mol. The van der Waals surface area contributed by atoms with Crippen molar-refractivity contribution < 1.29 is 9.84 Å². The van der Waals surface area contributed by atoms with E-state index in [9.17, 15) is 5.11 Å². The van der Waals surface area contributed by atoms with Crippen molar-refractivity contribution in [2.75, 3.05) is 0 Å². The van der Waals surface area contributed by atoms with E-state index in [1.165, 1.54) is 0 Å². The van der Waals surface area contributed by atoms with Gasteiger partial charge in [-0.1, -0.05) is 6.92 Å². The summed E-state index contributed by atoms with van der Waals surface area (Å²) in [6.45, 7) is 7.93. The third kappa shape index (κ3) is 1.32. The van der Waals surface area contributed by atoms with E-state index in [1.54, 1.807) is 0 Å². The van der Waals surface area contributed by atoms with E-state index in [4.69, 9.17) is 4.74 Å². The van der Waals surface area contributed by atoms with Gasteiger partial charge in [0, 0.05) is 5.92 Å². The molecule has 0 radical (unpaired) electrons. The molecule has 1 heterocycles. The number of aliphatic hydroxyl groups excluding tert-OH is 1. The Hall–Kier alpha value is -0.0800. The molecule has 1 N–H and O–H groups in total. The number of rotatable bonds is 2. The summed E-state index contributed by atoms with van der Waals surface area (Å²) < 4.78 is 5.37. The van der Waals surface area contributed by atoms with E-state index in [-0.39, 0.29) is 23.7 Å². The first-order valence-electron chi connectivity index (χ1n) is 3.81. The molecule has 0 aromatic carbocycles. The summed E-state index contributed by atoms with van der Waals surface area (Å²) in [6.07, 6.45) is -0.000671. The van der Waals surface area contributed by atoms with Crippen molar-refractivity contribution in [3.8, 4) is 0 Å². The SMILES string of the molecule is C[C@@H]([C@H](C)O)[C@@H]1OC1(C)C. The molecule has 0 spiro atoms. The minimum atomic E-state index is -0.258. The predicted molar refractivity (Wildman–Crippen MR) is 39.8 cm³/mol. The fourth-order valence-corrected chi connectivity index (χ4v) is 1.29. The average molecular weight is 144 g/mol. The largest absolute Gasteiger partial charge is 0.393 e. The molecular weight excluding hydrogens is 128 g/mol. The van der Waals surface area contributed by atoms with Gasteiger partial charge in [-0.2, -0.15) is 0 Å². The Morgan fingerprint density at radius 3 is 1.90 bits per heavy atom. The van der Waals surface area contributed by atoms with Crippen molar-refractivity contribution in [2.45, 2.75) is 45.5 Å². The highest BCUT2D eigenvalue weighted by Gasteiger charge is 2.51. The van der Waals surface area contributed by atoms with Crippen LogP contribution in [0.2, 0.25) is 0 Å². The van der Waals surface area contributed by atoms with Crippen molar-refractivity contribution in [2.24, 2.45) is 5.92 Å². The Morgan fingerprint density at radius 2 is 1.80 bits per heavy atom. The van der Waals surface area contributed by atoms with Crippen LogP contribution in [0.5, 0.6) is 0 Å². The molecule has 0 aliphatic carbocycles. The third-order valence-corrected chi connectivity index (χ3v) is 2.30. The van der Waals surface area contributed by atoms with Gasteiger partial charge in [-0.25, -0.2) is 0 Å². The zero-order chi connectivity index (χ0) is 7.94. The van der Waals surface area contributed by atoms with Gasteiger partial charge in [0.15, 0.2) is 0 Å². The van der Waals surface area contributed by atoms with Crippen LogP contribution >= 0.6 is 0 Å². The standard InChI is InChI=1S/C8H16O2/c1-5(6(2)9)7-8(3,4)10-7/h5-7,9H,1-4H3/t5-,6-,7-/m0/s1. The van der Waals surface area contributed by atoms with Gasteiger partial charge in [-0.3, -0.25) is 0 Å². The molecule has 0 aromatic heterocycles. The summed E-state index contributed by atoms with van der Waals surface area (Å²) in [4.78, 5) is 0. The summed E-state index contributed by atoms with van der Waals surface area (Å²) in [5.74, 6) is 0.259. The van der Waals surface area contributed by atoms with Crippen LogP contribution < -0.4 is 0 Å². The highest BCUT2D eigenvalue weighted by atomic mass is 16.6. The summed E-state index contributed by atoms with van der Waals surface area (Å²) in [6, 6.07) is 0. The van der Waals surface area contributed by atoms with Gasteiger partial charge in [0.25, 0.3) is 0 Å². The number of ether oxygens (including phenoxy) is 1. The second-order valence-electron chi connectivity index (χ2n) is 3.74. The van der Waals surface area contributed by atoms with E-state index in [0.29, 0.717) is 0 Å². The molecule has 1 fully saturated rings. The molecular formula is C8H16O2. The van der Waals surface area contributed by atoms with Crippen molar-refractivity contribution in [3.63, 3.8) is 0 Å². The van der Waals surface area contributed by atoms with Crippen LogP contribution in [0.15, 0.2) is 0 Å². The summed E-state index contributed by atoms with van der Waals surface area (Å²) in [5.41, 5.74) is 0.0103. The zero-order valence-electron chi connectivity index (χ0n) is 7.09. The molecule has 1 aliphatic rings. The van der Waals surface area contributed by atoms with Crippen LogP contribution in [0.25, 0.3) is 0 Å². The molecule has 0 amide bonds. The minimum Gasteiger partial charge on any atom is -0.393 e. The molecule has 10 heavy (non-hydrogen) atoms. The second kappa shape index (κ2) is 2.21. The smallest absolute Gasteiger partial charge is 0.0917 e. The maximum Gasteiger partial charge on any atom is 0.0917 e. The highest BCUT2D eigenvalue weighted by Crippen LogP contribution is 2.41. The minimum absolute atomic E-state index is 0.0103. The molecule has 2 nitrogen and oxygen atoms in total. The van der Waals surface area contributed by atoms with Crippen LogP contribution in [0, 0.1) is 5.92 Å². The fraction of sp³-hybridized carbons (Fsp3) is 1.00. The van der Waals surface area contributed by atoms with Crippen molar-refractivity contribution in [1.82, 2.24) is 0 Å². The Kier molecular flexibility index (Phi) is 1.77. The van der Waals surface area contributed by atoms with Gasteiger partial charge >= 0.3 is 0 Å². The first kappa shape index (κ1) is 8.02.